The van der Waals surface area contributed by atoms with Crippen LogP contribution in [0, 0.1) is 5.92 Å². The smallest absolute Gasteiger partial charge is 0.308 e. The zero-order valence-corrected chi connectivity index (χ0v) is 17.5. The van der Waals surface area contributed by atoms with Gasteiger partial charge in [-0.25, -0.2) is 0 Å². The van der Waals surface area contributed by atoms with Crippen molar-refractivity contribution in [3.05, 3.63) is 23.8 Å². The fraction of sp³-hybridized carbons (Fsp3) is 0.619. The van der Waals surface area contributed by atoms with Crippen LogP contribution in [0.2, 0.25) is 0 Å². The first kappa shape index (κ1) is 21.9. The summed E-state index contributed by atoms with van der Waals surface area (Å²) >= 11 is 0. The average molecular weight is 392 g/mol. The zero-order chi connectivity index (χ0) is 20.4. The minimum absolute atomic E-state index is 0.000182. The third-order valence-corrected chi connectivity index (χ3v) is 4.85. The Morgan fingerprint density at radius 3 is 2.46 bits per heavy atom. The van der Waals surface area contributed by atoms with E-state index in [1.165, 1.54) is 12.7 Å². The molecule has 0 aromatic heterocycles. The summed E-state index contributed by atoms with van der Waals surface area (Å²) in [7, 11) is 3.24. The topological polar surface area (TPSA) is 72.4 Å². The first-order valence-electron chi connectivity index (χ1n) is 10.0. The first-order valence-corrected chi connectivity index (χ1v) is 10.0. The number of hydrogen-bond acceptors (Lipinski definition) is 5. The summed E-state index contributed by atoms with van der Waals surface area (Å²) in [6.45, 7) is 7.53. The van der Waals surface area contributed by atoms with Crippen molar-refractivity contribution >= 4 is 11.9 Å². The summed E-state index contributed by atoms with van der Waals surface area (Å²) in [6.07, 6.45) is 2.44. The molecule has 1 aromatic carbocycles. The molecule has 1 saturated heterocycles. The van der Waals surface area contributed by atoms with Crippen LogP contribution in [0.3, 0.4) is 0 Å². The Bertz CT molecular complexity index is 655. The largest absolute Gasteiger partial charge is 0.490 e. The molecule has 1 heterocycles. The molecule has 0 atom stereocenters. The van der Waals surface area contributed by atoms with Gasteiger partial charge in [0.1, 0.15) is 0 Å². The molecule has 0 unspecified atom stereocenters. The fourth-order valence-electron chi connectivity index (χ4n) is 3.40. The van der Waals surface area contributed by atoms with Gasteiger partial charge in [-0.2, -0.15) is 0 Å². The highest BCUT2D eigenvalue weighted by Crippen LogP contribution is 2.28. The molecule has 1 aliphatic rings. The molecular formula is C21H33N3O4. The standard InChI is InChI=1S/C21H33N3O4/c1-5-27-18-8-7-16(15-19(18)28-6-2)9-12-23-21(22-3)24-13-10-17(11-14-24)20(25)26-4/h7-8,15,17H,5-6,9-14H2,1-4H3,(H,22,23). The number of guanidine groups is 1. The number of hydrogen-bond donors (Lipinski definition) is 1. The quantitative estimate of drug-likeness (QED) is 0.417. The van der Waals surface area contributed by atoms with Gasteiger partial charge in [0.05, 0.1) is 26.2 Å². The summed E-state index contributed by atoms with van der Waals surface area (Å²) in [4.78, 5) is 18.3. The van der Waals surface area contributed by atoms with Gasteiger partial charge in [-0.05, 0) is 50.8 Å². The second-order valence-electron chi connectivity index (χ2n) is 6.66. The zero-order valence-electron chi connectivity index (χ0n) is 17.5. The molecule has 7 heteroatoms. The molecule has 1 fully saturated rings. The van der Waals surface area contributed by atoms with E-state index in [1.54, 1.807) is 7.05 Å². The highest BCUT2D eigenvalue weighted by atomic mass is 16.5. The summed E-state index contributed by atoms with van der Waals surface area (Å²) in [5.41, 5.74) is 1.18. The molecule has 0 spiro atoms. The van der Waals surface area contributed by atoms with Crippen molar-refractivity contribution in [3.63, 3.8) is 0 Å². The summed E-state index contributed by atoms with van der Waals surface area (Å²) in [5.74, 6) is 2.34. The number of aliphatic imine (C=N–C) groups is 1. The van der Waals surface area contributed by atoms with Crippen LogP contribution in [0.15, 0.2) is 23.2 Å². The maximum absolute atomic E-state index is 11.7. The molecule has 0 aliphatic carbocycles. The number of rotatable bonds is 8. The molecular weight excluding hydrogens is 358 g/mol. The van der Waals surface area contributed by atoms with Crippen molar-refractivity contribution < 1.29 is 19.0 Å². The van der Waals surface area contributed by atoms with Crippen LogP contribution >= 0.6 is 0 Å². The Hall–Kier alpha value is -2.44. The lowest BCUT2D eigenvalue weighted by molar-refractivity contribution is -0.146. The Morgan fingerprint density at radius 1 is 1.18 bits per heavy atom. The van der Waals surface area contributed by atoms with E-state index < -0.39 is 0 Å². The van der Waals surface area contributed by atoms with Gasteiger partial charge in [-0.3, -0.25) is 9.79 Å². The van der Waals surface area contributed by atoms with E-state index in [2.05, 4.69) is 21.3 Å². The minimum Gasteiger partial charge on any atom is -0.490 e. The number of likely N-dealkylation sites (tertiary alicyclic amines) is 1. The van der Waals surface area contributed by atoms with Crippen LogP contribution in [0.1, 0.15) is 32.3 Å². The molecule has 1 aliphatic heterocycles. The molecule has 0 saturated carbocycles. The maximum Gasteiger partial charge on any atom is 0.308 e. The number of ether oxygens (including phenoxy) is 3. The number of benzene rings is 1. The lowest BCUT2D eigenvalue weighted by Crippen LogP contribution is -2.47. The summed E-state index contributed by atoms with van der Waals surface area (Å²) < 4.78 is 16.2. The maximum atomic E-state index is 11.7. The fourth-order valence-corrected chi connectivity index (χ4v) is 3.40. The third-order valence-electron chi connectivity index (χ3n) is 4.85. The number of piperidine rings is 1. The van der Waals surface area contributed by atoms with E-state index >= 15 is 0 Å². The van der Waals surface area contributed by atoms with Crippen molar-refractivity contribution in [2.45, 2.75) is 33.1 Å². The van der Waals surface area contributed by atoms with Gasteiger partial charge in [-0.1, -0.05) is 6.07 Å². The number of nitrogens with one attached hydrogen (secondary N) is 1. The van der Waals surface area contributed by atoms with Crippen LogP contribution in [0.25, 0.3) is 0 Å². The molecule has 1 aromatic rings. The molecule has 0 amide bonds. The minimum atomic E-state index is -0.108. The van der Waals surface area contributed by atoms with E-state index in [0.29, 0.717) is 13.2 Å². The number of nitrogens with zero attached hydrogens (tertiary/aromatic N) is 2. The van der Waals surface area contributed by atoms with Crippen molar-refractivity contribution in [2.75, 3.05) is 47.0 Å². The Morgan fingerprint density at radius 2 is 1.86 bits per heavy atom. The van der Waals surface area contributed by atoms with Gasteiger partial charge in [0.2, 0.25) is 0 Å². The van der Waals surface area contributed by atoms with Crippen molar-refractivity contribution in [2.24, 2.45) is 10.9 Å². The molecule has 7 nitrogen and oxygen atoms in total. The normalized spacial score (nSPS) is 15.3. The van der Waals surface area contributed by atoms with E-state index in [-0.39, 0.29) is 11.9 Å². The van der Waals surface area contributed by atoms with Crippen LogP contribution in [-0.4, -0.2) is 63.8 Å². The highest BCUT2D eigenvalue weighted by molar-refractivity contribution is 5.80. The Balaban J connectivity index is 1.86. The van der Waals surface area contributed by atoms with Gasteiger partial charge in [0.15, 0.2) is 17.5 Å². The van der Waals surface area contributed by atoms with E-state index in [4.69, 9.17) is 14.2 Å². The molecule has 156 valence electrons. The van der Waals surface area contributed by atoms with E-state index in [9.17, 15) is 4.79 Å². The lowest BCUT2D eigenvalue weighted by Gasteiger charge is -2.33. The highest BCUT2D eigenvalue weighted by Gasteiger charge is 2.26. The molecule has 0 radical (unpaired) electrons. The summed E-state index contributed by atoms with van der Waals surface area (Å²) in [6, 6.07) is 6.08. The van der Waals surface area contributed by atoms with Gasteiger partial charge in [-0.15, -0.1) is 0 Å². The van der Waals surface area contributed by atoms with Crippen molar-refractivity contribution in [3.8, 4) is 11.5 Å². The Kier molecular flexibility index (Phi) is 8.91. The van der Waals surface area contributed by atoms with Crippen LogP contribution in [-0.2, 0) is 16.0 Å². The molecule has 1 N–H and O–H groups in total. The van der Waals surface area contributed by atoms with Gasteiger partial charge in [0, 0.05) is 26.7 Å². The second-order valence-corrected chi connectivity index (χ2v) is 6.66. The first-order chi connectivity index (χ1) is 13.6. The lowest BCUT2D eigenvalue weighted by atomic mass is 9.97. The Labute approximate surface area is 168 Å². The van der Waals surface area contributed by atoms with Crippen molar-refractivity contribution in [1.29, 1.82) is 0 Å². The average Bonchev–Trinajstić information content (AvgIpc) is 2.73. The number of esters is 1. The number of carbonyl (C=O) groups excluding carboxylic acids is 1. The predicted octanol–water partition coefficient (Wildman–Crippen LogP) is 2.49. The molecule has 28 heavy (non-hydrogen) atoms. The predicted molar refractivity (Wildman–Crippen MR) is 110 cm³/mol. The van der Waals surface area contributed by atoms with Crippen LogP contribution in [0.5, 0.6) is 11.5 Å². The molecule has 2 rings (SSSR count). The van der Waals surface area contributed by atoms with E-state index in [0.717, 1.165) is 56.4 Å². The number of methoxy groups -OCH3 is 1. The van der Waals surface area contributed by atoms with Gasteiger partial charge in [0.25, 0.3) is 0 Å². The van der Waals surface area contributed by atoms with E-state index in [1.807, 2.05) is 26.0 Å². The number of carbonyl (C=O) groups is 1. The van der Waals surface area contributed by atoms with Crippen LogP contribution < -0.4 is 14.8 Å². The monoisotopic (exact) mass is 391 g/mol. The van der Waals surface area contributed by atoms with Crippen molar-refractivity contribution in [1.82, 2.24) is 10.2 Å². The summed E-state index contributed by atoms with van der Waals surface area (Å²) in [5, 5.41) is 3.42. The second kappa shape index (κ2) is 11.4. The van der Waals surface area contributed by atoms with Crippen LogP contribution in [0.4, 0.5) is 0 Å². The SMILES string of the molecule is CCOc1ccc(CCNC(=NC)N2CCC(C(=O)OC)CC2)cc1OCC. The van der Waals surface area contributed by atoms with Gasteiger partial charge >= 0.3 is 5.97 Å². The van der Waals surface area contributed by atoms with Gasteiger partial charge < -0.3 is 24.4 Å². The third kappa shape index (κ3) is 6.04. The molecule has 0 bridgehead atoms.